The zero-order chi connectivity index (χ0) is 19.2. The van der Waals surface area contributed by atoms with Crippen LogP contribution in [-0.2, 0) is 21.6 Å². The highest BCUT2D eigenvalue weighted by Gasteiger charge is 2.27. The van der Waals surface area contributed by atoms with Gasteiger partial charge in [-0.1, -0.05) is 37.8 Å². The van der Waals surface area contributed by atoms with E-state index >= 15 is 0 Å². The molecule has 27 heavy (non-hydrogen) atoms. The Kier molecular flexibility index (Phi) is 6.95. The lowest BCUT2D eigenvalue weighted by Gasteiger charge is -2.21. The molecule has 2 aromatic rings. The fraction of sp³-hybridized carbons (Fsp3) is 0.444. The van der Waals surface area contributed by atoms with Gasteiger partial charge in [0, 0.05) is 11.6 Å². The molecule has 1 heterocycles. The number of nitrogens with one attached hydrogen (secondary N) is 2. The summed E-state index contributed by atoms with van der Waals surface area (Å²) in [5.74, 6) is -0.105. The van der Waals surface area contributed by atoms with E-state index in [9.17, 15) is 14.2 Å². The Morgan fingerprint density at radius 2 is 2.15 bits per heavy atom. The molecule has 3 rings (SSSR count). The molecular formula is C18H23N3O4S2. The van der Waals surface area contributed by atoms with Crippen molar-refractivity contribution in [2.45, 2.75) is 43.8 Å². The molecule has 0 radical (unpaired) electrons. The van der Waals surface area contributed by atoms with Crippen molar-refractivity contribution >= 4 is 39.1 Å². The Hall–Kier alpha value is -1.81. The average Bonchev–Trinajstić information content (AvgIpc) is 3.33. The van der Waals surface area contributed by atoms with Gasteiger partial charge in [-0.2, -0.15) is 0 Å². The molecule has 1 aliphatic rings. The highest BCUT2D eigenvalue weighted by atomic mass is 32.2. The third kappa shape index (κ3) is 5.35. The summed E-state index contributed by atoms with van der Waals surface area (Å²) in [6, 6.07) is 5.16. The number of rotatable bonds is 8. The Morgan fingerprint density at radius 3 is 2.78 bits per heavy atom. The number of hydrogen-bond donors (Lipinski definition) is 4. The first kappa shape index (κ1) is 19.9. The number of nitrogens with zero attached hydrogens (tertiary/aromatic N) is 1. The number of carbonyl (C=O) groups is 1. The summed E-state index contributed by atoms with van der Waals surface area (Å²) in [6.45, 7) is 0. The molecule has 0 bridgehead atoms. The molecule has 2 unspecified atom stereocenters. The van der Waals surface area contributed by atoms with Crippen LogP contribution in [0.4, 0.5) is 10.8 Å². The van der Waals surface area contributed by atoms with Crippen molar-refractivity contribution < 1.29 is 18.8 Å². The van der Waals surface area contributed by atoms with Crippen LogP contribution in [0.5, 0.6) is 0 Å². The number of thiazole rings is 1. The summed E-state index contributed by atoms with van der Waals surface area (Å²) in [7, 11) is 0. The maximum atomic E-state index is 12.9. The van der Waals surface area contributed by atoms with Gasteiger partial charge in [0.15, 0.2) is 16.2 Å². The van der Waals surface area contributed by atoms with E-state index < -0.39 is 11.1 Å². The molecule has 0 saturated heterocycles. The average molecular weight is 410 g/mol. The fourth-order valence-electron chi connectivity index (χ4n) is 3.63. The summed E-state index contributed by atoms with van der Waals surface area (Å²) < 4.78 is 20.2. The van der Waals surface area contributed by atoms with Crippen molar-refractivity contribution in [3.05, 3.63) is 40.9 Å². The quantitative estimate of drug-likeness (QED) is 0.388. The normalized spacial score (nSPS) is 16.8. The monoisotopic (exact) mass is 409 g/mol. The van der Waals surface area contributed by atoms with Crippen molar-refractivity contribution in [2.24, 2.45) is 5.92 Å². The third-order valence-electron chi connectivity index (χ3n) is 4.96. The largest absolute Gasteiger partial charge is 0.306 e. The molecule has 1 aromatic carbocycles. The van der Waals surface area contributed by atoms with Crippen molar-refractivity contribution in [2.75, 3.05) is 10.8 Å². The molecule has 0 aliphatic heterocycles. The van der Waals surface area contributed by atoms with Gasteiger partial charge in [0.2, 0.25) is 5.91 Å². The summed E-state index contributed by atoms with van der Waals surface area (Å²) in [5.41, 5.74) is 3.71. The molecule has 1 amide bonds. The van der Waals surface area contributed by atoms with Gasteiger partial charge in [0.25, 0.3) is 0 Å². The summed E-state index contributed by atoms with van der Waals surface area (Å²) in [5, 5.41) is 14.7. The molecule has 9 heteroatoms. The predicted molar refractivity (Wildman–Crippen MR) is 106 cm³/mol. The Balaban J connectivity index is 1.86. The van der Waals surface area contributed by atoms with Gasteiger partial charge >= 0.3 is 0 Å². The number of carbonyl (C=O) groups excluding carboxylic acids is 1. The SMILES string of the molecule is O=C(Nc1nccs1)C(CC1CCCC1)c1ccc(CS(=O)O)c(NO)c1. The van der Waals surface area contributed by atoms with E-state index in [1.54, 1.807) is 29.8 Å². The topological polar surface area (TPSA) is 112 Å². The second-order valence-electron chi connectivity index (χ2n) is 6.76. The summed E-state index contributed by atoms with van der Waals surface area (Å²) >= 11 is -0.651. The Bertz CT molecular complexity index is 792. The van der Waals surface area contributed by atoms with E-state index in [4.69, 9.17) is 4.55 Å². The third-order valence-corrected chi connectivity index (χ3v) is 6.20. The lowest BCUT2D eigenvalue weighted by Crippen LogP contribution is -2.23. The van der Waals surface area contributed by atoms with Crippen LogP contribution in [0, 0.1) is 5.92 Å². The van der Waals surface area contributed by atoms with Gasteiger partial charge in [0.05, 0.1) is 17.4 Å². The van der Waals surface area contributed by atoms with E-state index in [1.165, 1.54) is 24.2 Å². The predicted octanol–water partition coefficient (Wildman–Crippen LogP) is 3.97. The first-order valence-corrected chi connectivity index (χ1v) is 11.0. The van der Waals surface area contributed by atoms with E-state index in [0.717, 1.165) is 24.8 Å². The number of hydrogen-bond acceptors (Lipinski definition) is 6. The zero-order valence-corrected chi connectivity index (χ0v) is 16.4. The molecular weight excluding hydrogens is 386 g/mol. The fourth-order valence-corrected chi connectivity index (χ4v) is 4.67. The minimum Gasteiger partial charge on any atom is -0.306 e. The van der Waals surface area contributed by atoms with Crippen molar-refractivity contribution in [1.82, 2.24) is 4.98 Å². The van der Waals surface area contributed by atoms with E-state index in [-0.39, 0.29) is 17.6 Å². The molecule has 2 atom stereocenters. The van der Waals surface area contributed by atoms with Gasteiger partial charge in [-0.3, -0.25) is 15.5 Å². The Labute approximate surface area is 164 Å². The van der Waals surface area contributed by atoms with Gasteiger partial charge in [-0.25, -0.2) is 9.19 Å². The molecule has 1 fully saturated rings. The number of benzene rings is 1. The van der Waals surface area contributed by atoms with Crippen LogP contribution < -0.4 is 10.8 Å². The van der Waals surface area contributed by atoms with E-state index in [2.05, 4.69) is 15.8 Å². The lowest BCUT2D eigenvalue weighted by atomic mass is 9.86. The van der Waals surface area contributed by atoms with Crippen LogP contribution in [0.2, 0.25) is 0 Å². The van der Waals surface area contributed by atoms with Crippen molar-refractivity contribution in [1.29, 1.82) is 0 Å². The smallest absolute Gasteiger partial charge is 0.233 e. The number of amides is 1. The maximum absolute atomic E-state index is 12.9. The molecule has 1 saturated carbocycles. The van der Waals surface area contributed by atoms with Crippen LogP contribution >= 0.6 is 11.3 Å². The molecule has 4 N–H and O–H groups in total. The lowest BCUT2D eigenvalue weighted by molar-refractivity contribution is -0.118. The standard InChI is InChI=1S/C18H23N3O4S2/c22-17(20-18-19-7-8-26-18)15(9-12-3-1-2-4-12)13-5-6-14(11-27(24)25)16(10-13)21-23/h5-8,10,12,15,21,23H,1-4,9,11H2,(H,24,25)(H,19,20,22). The number of anilines is 2. The Morgan fingerprint density at radius 1 is 1.37 bits per heavy atom. The van der Waals surface area contributed by atoms with Crippen LogP contribution in [-0.4, -0.2) is 24.9 Å². The van der Waals surface area contributed by atoms with Gasteiger partial charge in [-0.05, 0) is 29.5 Å². The highest BCUT2D eigenvalue weighted by molar-refractivity contribution is 7.78. The molecule has 1 aliphatic carbocycles. The minimum atomic E-state index is -2.02. The van der Waals surface area contributed by atoms with Crippen LogP contribution in [0.1, 0.15) is 49.1 Å². The minimum absolute atomic E-state index is 0.0955. The van der Waals surface area contributed by atoms with Gasteiger partial charge in [-0.15, -0.1) is 11.3 Å². The van der Waals surface area contributed by atoms with Gasteiger partial charge in [0.1, 0.15) is 0 Å². The van der Waals surface area contributed by atoms with Gasteiger partial charge < -0.3 is 9.87 Å². The first-order valence-electron chi connectivity index (χ1n) is 8.87. The molecule has 0 spiro atoms. The van der Waals surface area contributed by atoms with Crippen molar-refractivity contribution in [3.8, 4) is 0 Å². The molecule has 1 aromatic heterocycles. The van der Waals surface area contributed by atoms with Crippen LogP contribution in [0.25, 0.3) is 0 Å². The second kappa shape index (κ2) is 9.41. The van der Waals surface area contributed by atoms with E-state index in [0.29, 0.717) is 22.3 Å². The molecule has 146 valence electrons. The summed E-state index contributed by atoms with van der Waals surface area (Å²) in [4.78, 5) is 17.1. The highest BCUT2D eigenvalue weighted by Crippen LogP contribution is 2.36. The van der Waals surface area contributed by atoms with Crippen LogP contribution in [0.15, 0.2) is 29.8 Å². The maximum Gasteiger partial charge on any atom is 0.233 e. The number of aromatic nitrogens is 1. The van der Waals surface area contributed by atoms with Crippen LogP contribution in [0.3, 0.4) is 0 Å². The second-order valence-corrected chi connectivity index (χ2v) is 8.59. The molecule has 7 nitrogen and oxygen atoms in total. The first-order chi connectivity index (χ1) is 13.1. The summed E-state index contributed by atoms with van der Waals surface area (Å²) in [6.07, 6.45) is 6.99. The van der Waals surface area contributed by atoms with E-state index in [1.807, 2.05) is 0 Å². The zero-order valence-electron chi connectivity index (χ0n) is 14.8. The van der Waals surface area contributed by atoms with Crippen molar-refractivity contribution in [3.63, 3.8) is 0 Å².